The molecule has 2 aromatic rings. The molecule has 3 rings (SSSR count). The van der Waals surface area contributed by atoms with Crippen LogP contribution in [0.25, 0.3) is 0 Å². The summed E-state index contributed by atoms with van der Waals surface area (Å²) in [6.45, 7) is 11.1. The fourth-order valence-electron chi connectivity index (χ4n) is 3.82. The molecule has 6 heteroatoms. The van der Waals surface area contributed by atoms with E-state index in [0.717, 1.165) is 36.2 Å². The standard InChI is InChI=1S/C23H34N2O3Si/c1-23(2,3)29(5,6)28-20(14-13-17-10-8-12-21(26)24-17)18-15-16-9-7-11-19(16)25(4)22(18)27/h8,10,12,15,20H,7,9,11,13-14H2,1-6H3,(H,24,26). The number of nitrogens with one attached hydrogen (secondary N) is 1. The minimum absolute atomic E-state index is 0.0499. The molecule has 158 valence electrons. The number of aromatic nitrogens is 2. The van der Waals surface area contributed by atoms with Crippen LogP contribution in [0.4, 0.5) is 0 Å². The zero-order valence-electron chi connectivity index (χ0n) is 18.6. The SMILES string of the molecule is Cn1c2c(cc(C(CCc3cccc(=O)[nH]3)O[Si](C)(C)C(C)(C)C)c1=O)CCC2. The molecular weight excluding hydrogens is 380 g/mol. The van der Waals surface area contributed by atoms with Gasteiger partial charge < -0.3 is 14.0 Å². The third-order valence-corrected chi connectivity index (χ3v) is 11.1. The van der Waals surface area contributed by atoms with E-state index >= 15 is 0 Å². The van der Waals surface area contributed by atoms with Gasteiger partial charge in [-0.1, -0.05) is 26.8 Å². The van der Waals surface area contributed by atoms with Crippen molar-refractivity contribution in [2.24, 2.45) is 7.05 Å². The van der Waals surface area contributed by atoms with Crippen molar-refractivity contribution in [2.45, 2.75) is 77.1 Å². The monoisotopic (exact) mass is 414 g/mol. The van der Waals surface area contributed by atoms with E-state index in [1.54, 1.807) is 6.07 Å². The summed E-state index contributed by atoms with van der Waals surface area (Å²) in [6.07, 6.45) is 4.15. The maximum atomic E-state index is 13.2. The van der Waals surface area contributed by atoms with Gasteiger partial charge in [-0.2, -0.15) is 0 Å². The number of H-pyrrole nitrogens is 1. The molecule has 1 aliphatic carbocycles. The van der Waals surface area contributed by atoms with Crippen molar-refractivity contribution < 1.29 is 4.43 Å². The summed E-state index contributed by atoms with van der Waals surface area (Å²) >= 11 is 0. The van der Waals surface area contributed by atoms with Crippen LogP contribution in [0.2, 0.25) is 18.1 Å². The van der Waals surface area contributed by atoms with Gasteiger partial charge in [-0.15, -0.1) is 0 Å². The number of hydrogen-bond donors (Lipinski definition) is 1. The molecule has 0 aliphatic heterocycles. The molecule has 1 atom stereocenters. The Bertz CT molecular complexity index is 998. The zero-order chi connectivity index (χ0) is 21.4. The number of nitrogens with zero attached hydrogens (tertiary/aromatic N) is 1. The van der Waals surface area contributed by atoms with Crippen molar-refractivity contribution in [2.75, 3.05) is 0 Å². The van der Waals surface area contributed by atoms with Gasteiger partial charge in [-0.05, 0) is 67.9 Å². The molecule has 0 saturated carbocycles. The quantitative estimate of drug-likeness (QED) is 0.719. The van der Waals surface area contributed by atoms with E-state index in [0.29, 0.717) is 12.8 Å². The molecule has 2 heterocycles. The highest BCUT2D eigenvalue weighted by Crippen LogP contribution is 2.40. The smallest absolute Gasteiger partial charge is 0.256 e. The summed E-state index contributed by atoms with van der Waals surface area (Å²) in [5, 5.41) is 0.0499. The predicted octanol–water partition coefficient (Wildman–Crippen LogP) is 4.26. The molecule has 0 radical (unpaired) electrons. The van der Waals surface area contributed by atoms with Crippen molar-refractivity contribution in [1.82, 2.24) is 9.55 Å². The highest BCUT2D eigenvalue weighted by Gasteiger charge is 2.40. The molecule has 1 unspecified atom stereocenters. The summed E-state index contributed by atoms with van der Waals surface area (Å²) in [6, 6.07) is 7.30. The van der Waals surface area contributed by atoms with Gasteiger partial charge in [0.15, 0.2) is 8.32 Å². The first-order valence-corrected chi connectivity index (χ1v) is 13.5. The van der Waals surface area contributed by atoms with Crippen LogP contribution in [-0.2, 0) is 30.7 Å². The van der Waals surface area contributed by atoms with Gasteiger partial charge in [-0.3, -0.25) is 9.59 Å². The molecule has 0 saturated heterocycles. The maximum Gasteiger partial charge on any atom is 0.256 e. The van der Waals surface area contributed by atoms with E-state index in [4.69, 9.17) is 4.43 Å². The lowest BCUT2D eigenvalue weighted by Gasteiger charge is -2.39. The third-order valence-electron chi connectivity index (χ3n) is 6.61. The highest BCUT2D eigenvalue weighted by atomic mass is 28.4. The minimum Gasteiger partial charge on any atom is -0.410 e. The van der Waals surface area contributed by atoms with Crippen LogP contribution in [0.15, 0.2) is 33.9 Å². The molecule has 1 N–H and O–H groups in total. The Kier molecular flexibility index (Phi) is 6.06. The number of rotatable bonds is 6. The fraction of sp³-hybridized carbons (Fsp3) is 0.565. The Morgan fingerprint density at radius 3 is 2.59 bits per heavy atom. The second-order valence-electron chi connectivity index (χ2n) is 9.74. The van der Waals surface area contributed by atoms with Crippen molar-refractivity contribution in [3.05, 3.63) is 67.5 Å². The minimum atomic E-state index is -2.09. The normalized spacial score (nSPS) is 15.4. The molecule has 2 aromatic heterocycles. The summed E-state index contributed by atoms with van der Waals surface area (Å²) in [7, 11) is -0.203. The Morgan fingerprint density at radius 1 is 1.21 bits per heavy atom. The number of aryl methyl sites for hydroxylation is 2. The number of pyridine rings is 2. The summed E-state index contributed by atoms with van der Waals surface area (Å²) in [4.78, 5) is 27.8. The third kappa shape index (κ3) is 4.64. The van der Waals surface area contributed by atoms with Crippen LogP contribution in [0, 0.1) is 0 Å². The van der Waals surface area contributed by atoms with Crippen LogP contribution in [0.1, 0.15) is 62.2 Å². The van der Waals surface area contributed by atoms with E-state index in [1.165, 1.54) is 11.6 Å². The average Bonchev–Trinajstić information content (AvgIpc) is 3.09. The molecule has 0 fully saturated rings. The van der Waals surface area contributed by atoms with Gasteiger partial charge >= 0.3 is 0 Å². The van der Waals surface area contributed by atoms with Gasteiger partial charge in [0.05, 0.1) is 6.10 Å². The number of hydrogen-bond acceptors (Lipinski definition) is 3. The lowest BCUT2D eigenvalue weighted by molar-refractivity contribution is 0.171. The molecule has 0 bridgehead atoms. The average molecular weight is 415 g/mol. The van der Waals surface area contributed by atoms with Crippen molar-refractivity contribution in [3.8, 4) is 0 Å². The van der Waals surface area contributed by atoms with Gasteiger partial charge in [0.2, 0.25) is 5.56 Å². The first-order valence-electron chi connectivity index (χ1n) is 10.6. The van der Waals surface area contributed by atoms with E-state index in [-0.39, 0.29) is 22.3 Å². The Morgan fingerprint density at radius 2 is 1.93 bits per heavy atom. The van der Waals surface area contributed by atoms with Crippen molar-refractivity contribution >= 4 is 8.32 Å². The van der Waals surface area contributed by atoms with Crippen LogP contribution in [0.3, 0.4) is 0 Å². The number of fused-ring (bicyclic) bond motifs is 1. The van der Waals surface area contributed by atoms with Gasteiger partial charge in [-0.25, -0.2) is 0 Å². The van der Waals surface area contributed by atoms with Crippen LogP contribution < -0.4 is 11.1 Å². The zero-order valence-corrected chi connectivity index (χ0v) is 19.6. The second-order valence-corrected chi connectivity index (χ2v) is 14.5. The second kappa shape index (κ2) is 8.07. The molecule has 5 nitrogen and oxygen atoms in total. The number of aromatic amines is 1. The molecular formula is C23H34N2O3Si. The van der Waals surface area contributed by atoms with Crippen molar-refractivity contribution in [1.29, 1.82) is 0 Å². The molecule has 29 heavy (non-hydrogen) atoms. The topological polar surface area (TPSA) is 64.1 Å². The lowest BCUT2D eigenvalue weighted by atomic mass is 10.0. The van der Waals surface area contributed by atoms with Crippen LogP contribution in [0.5, 0.6) is 0 Å². The van der Waals surface area contributed by atoms with E-state index in [9.17, 15) is 9.59 Å². The van der Waals surface area contributed by atoms with Crippen molar-refractivity contribution in [3.63, 3.8) is 0 Å². The Balaban J connectivity index is 1.98. The largest absolute Gasteiger partial charge is 0.410 e. The molecule has 0 aromatic carbocycles. The van der Waals surface area contributed by atoms with Gasteiger partial charge in [0.1, 0.15) is 0 Å². The predicted molar refractivity (Wildman–Crippen MR) is 120 cm³/mol. The van der Waals surface area contributed by atoms with E-state index in [2.05, 4.69) is 44.9 Å². The first kappa shape index (κ1) is 21.8. The fourth-order valence-corrected chi connectivity index (χ4v) is 5.13. The van der Waals surface area contributed by atoms with Gasteiger partial charge in [0.25, 0.3) is 5.56 Å². The lowest BCUT2D eigenvalue weighted by Crippen LogP contribution is -2.43. The first-order chi connectivity index (χ1) is 13.5. The Hall–Kier alpha value is -1.92. The van der Waals surface area contributed by atoms with E-state index < -0.39 is 8.32 Å². The molecule has 1 aliphatic rings. The highest BCUT2D eigenvalue weighted by molar-refractivity contribution is 6.74. The Labute approximate surface area is 174 Å². The summed E-state index contributed by atoms with van der Waals surface area (Å²) < 4.78 is 8.59. The summed E-state index contributed by atoms with van der Waals surface area (Å²) in [5.74, 6) is 0. The summed E-state index contributed by atoms with van der Waals surface area (Å²) in [5.41, 5.74) is 4.03. The van der Waals surface area contributed by atoms with E-state index in [1.807, 2.05) is 17.7 Å². The van der Waals surface area contributed by atoms with Crippen LogP contribution in [-0.4, -0.2) is 17.9 Å². The molecule has 0 amide bonds. The molecule has 0 spiro atoms. The van der Waals surface area contributed by atoms with Crippen LogP contribution >= 0.6 is 0 Å². The van der Waals surface area contributed by atoms with Gasteiger partial charge in [0, 0.05) is 30.1 Å². The maximum absolute atomic E-state index is 13.2.